The maximum Gasteiger partial charge on any atom is 0.431 e. The van der Waals surface area contributed by atoms with E-state index in [1.54, 1.807) is 11.6 Å². The molecule has 6 nitrogen and oxygen atoms in total. The van der Waals surface area contributed by atoms with Crippen molar-refractivity contribution in [1.82, 2.24) is 9.62 Å². The smallest absolute Gasteiger partial charge is 0.431 e. The number of hydrogen-bond donors (Lipinski definition) is 1. The fourth-order valence-corrected chi connectivity index (χ4v) is 4.37. The number of nitrogens with zero attached hydrogens (tertiary/aromatic N) is 1. The first-order chi connectivity index (χ1) is 17.6. The SMILES string of the molecule is CN(CCCNS(=O)(=O)CCC(CC(F)(C(F)(F)F)C(F)(F)F)CC(F)(C(F)(F)F)C(F)(F)F)CC(=O)[O-].[CH2+]C. The highest BCUT2D eigenvalue weighted by atomic mass is 32.2. The molecule has 0 spiro atoms. The van der Waals surface area contributed by atoms with Crippen LogP contribution < -0.4 is 9.83 Å². The largest absolute Gasteiger partial charge is 0.549 e. The molecule has 0 fully saturated rings. The standard InChI is InChI=1S/C17H22F14N2O4S.C2H5/c1-33(9-11(34)35)5-2-4-32-38(36,37)6-3-10(7-12(18,14(20,21)22)15(23,24)25)8-13(19,16(26,27)28)17(29,30)31;1-2/h10,32H,2-9H2,1H3,(H,34,35);1H2,2H3/q;+1/p-1. The Morgan fingerprint density at radius 1 is 0.800 bits per heavy atom. The molecule has 0 aromatic carbocycles. The van der Waals surface area contributed by atoms with Gasteiger partial charge in [0, 0.05) is 25.9 Å². The van der Waals surface area contributed by atoms with Crippen molar-refractivity contribution in [1.29, 1.82) is 0 Å². The molecule has 0 bridgehead atoms. The van der Waals surface area contributed by atoms with Crippen LogP contribution in [0.3, 0.4) is 0 Å². The maximum absolute atomic E-state index is 14.1. The summed E-state index contributed by atoms with van der Waals surface area (Å²) in [6.07, 6.45) is -36.1. The van der Waals surface area contributed by atoms with Crippen molar-refractivity contribution in [3.05, 3.63) is 6.92 Å². The number of carbonyl (C=O) groups is 1. The van der Waals surface area contributed by atoms with E-state index in [1.807, 2.05) is 0 Å². The minimum atomic E-state index is -6.92. The van der Waals surface area contributed by atoms with Crippen molar-refractivity contribution < 1.29 is 79.8 Å². The lowest BCUT2D eigenvalue weighted by atomic mass is 9.81. The number of carboxylic acid groups (broad SMARTS) is 1. The molecule has 0 saturated heterocycles. The van der Waals surface area contributed by atoms with Crippen LogP contribution in [0.2, 0.25) is 0 Å². The van der Waals surface area contributed by atoms with Gasteiger partial charge in [0.1, 0.15) is 0 Å². The van der Waals surface area contributed by atoms with Crippen molar-refractivity contribution in [3.8, 4) is 0 Å². The number of alkyl halides is 14. The molecule has 240 valence electrons. The lowest BCUT2D eigenvalue weighted by Gasteiger charge is -2.37. The van der Waals surface area contributed by atoms with Crippen LogP contribution in [0.5, 0.6) is 0 Å². The number of aliphatic carboxylic acids is 1. The third-order valence-corrected chi connectivity index (χ3v) is 6.59. The number of rotatable bonds is 14. The highest BCUT2D eigenvalue weighted by Gasteiger charge is 2.75. The summed E-state index contributed by atoms with van der Waals surface area (Å²) >= 11 is 0. The molecule has 0 heterocycles. The topological polar surface area (TPSA) is 89.5 Å². The molecular formula is C19H26F14N2O4S. The molecule has 0 aromatic heterocycles. The molecule has 0 aliphatic heterocycles. The van der Waals surface area contributed by atoms with Crippen LogP contribution in [-0.2, 0) is 14.8 Å². The van der Waals surface area contributed by atoms with Gasteiger partial charge in [0.25, 0.3) is 11.3 Å². The molecule has 0 aromatic rings. The summed E-state index contributed by atoms with van der Waals surface area (Å²) in [7, 11) is -3.56. The summed E-state index contributed by atoms with van der Waals surface area (Å²) in [4.78, 5) is 11.5. The fourth-order valence-electron chi connectivity index (χ4n) is 3.13. The van der Waals surface area contributed by atoms with Crippen molar-refractivity contribution in [2.75, 3.05) is 32.4 Å². The average Bonchev–Trinajstić information content (AvgIpc) is 2.73. The Morgan fingerprint density at radius 2 is 1.15 bits per heavy atom. The summed E-state index contributed by atoms with van der Waals surface area (Å²) in [5, 5.41) is 10.4. The average molecular weight is 644 g/mol. The van der Waals surface area contributed by atoms with E-state index in [2.05, 4.69) is 6.92 Å². The molecule has 0 radical (unpaired) electrons. The van der Waals surface area contributed by atoms with E-state index >= 15 is 0 Å². The van der Waals surface area contributed by atoms with Gasteiger partial charge in [-0.25, -0.2) is 21.9 Å². The van der Waals surface area contributed by atoms with E-state index in [0.717, 1.165) is 4.90 Å². The van der Waals surface area contributed by atoms with Gasteiger partial charge in [-0.1, -0.05) is 0 Å². The van der Waals surface area contributed by atoms with Crippen LogP contribution >= 0.6 is 0 Å². The van der Waals surface area contributed by atoms with E-state index in [0.29, 0.717) is 0 Å². The molecule has 0 amide bonds. The van der Waals surface area contributed by atoms with Crippen LogP contribution in [0.15, 0.2) is 0 Å². The maximum atomic E-state index is 14.1. The Balaban J connectivity index is 0. The number of halogens is 14. The second-order valence-electron chi connectivity index (χ2n) is 8.33. The van der Waals surface area contributed by atoms with Gasteiger partial charge in [0.15, 0.2) is 0 Å². The zero-order valence-electron chi connectivity index (χ0n) is 20.7. The van der Waals surface area contributed by atoms with Crippen LogP contribution in [0.1, 0.15) is 32.6 Å². The molecule has 0 aliphatic rings. The Bertz CT molecular complexity index is 817. The number of nitrogens with one attached hydrogen (secondary N) is 1. The highest BCUT2D eigenvalue weighted by molar-refractivity contribution is 7.89. The first kappa shape index (κ1) is 40.4. The Labute approximate surface area is 220 Å². The number of carboxylic acids is 1. The normalized spacial score (nSPS) is 14.3. The summed E-state index contributed by atoms with van der Waals surface area (Å²) < 4.78 is 208. The zero-order valence-corrected chi connectivity index (χ0v) is 21.5. The summed E-state index contributed by atoms with van der Waals surface area (Å²) in [6, 6.07) is 0. The summed E-state index contributed by atoms with van der Waals surface area (Å²) in [5.74, 6) is -6.60. The molecular weight excluding hydrogens is 618 g/mol. The van der Waals surface area contributed by atoms with Gasteiger partial charge >= 0.3 is 24.7 Å². The molecule has 21 heteroatoms. The Hall–Kier alpha value is -1.77. The van der Waals surface area contributed by atoms with E-state index in [4.69, 9.17) is 0 Å². The molecule has 0 unspecified atom stereocenters. The lowest BCUT2D eigenvalue weighted by molar-refractivity contribution is -0.356. The minimum absolute atomic E-state index is 0.109. The fraction of sp³-hybridized carbons (Fsp3) is 0.895. The van der Waals surface area contributed by atoms with Crippen LogP contribution in [0, 0.1) is 12.8 Å². The number of sulfonamides is 1. The molecule has 1 N–H and O–H groups in total. The first-order valence-corrected chi connectivity index (χ1v) is 12.5. The van der Waals surface area contributed by atoms with Gasteiger partial charge in [-0.05, 0) is 32.4 Å². The van der Waals surface area contributed by atoms with Crippen molar-refractivity contribution >= 4 is 16.0 Å². The van der Waals surface area contributed by atoms with Crippen LogP contribution in [-0.4, -0.2) is 87.8 Å². The Morgan fingerprint density at radius 3 is 1.45 bits per heavy atom. The van der Waals surface area contributed by atoms with E-state index in [-0.39, 0.29) is 13.0 Å². The van der Waals surface area contributed by atoms with Gasteiger partial charge in [-0.3, -0.25) is 0 Å². The summed E-state index contributed by atoms with van der Waals surface area (Å²) in [5.41, 5.74) is -12.8. The predicted molar refractivity (Wildman–Crippen MR) is 109 cm³/mol. The van der Waals surface area contributed by atoms with Gasteiger partial charge < -0.3 is 14.8 Å². The van der Waals surface area contributed by atoms with Gasteiger partial charge in [0.05, 0.1) is 25.6 Å². The van der Waals surface area contributed by atoms with E-state index in [1.165, 1.54) is 7.05 Å². The molecule has 40 heavy (non-hydrogen) atoms. The zero-order chi connectivity index (χ0) is 32.6. The predicted octanol–water partition coefficient (Wildman–Crippen LogP) is 4.27. The monoisotopic (exact) mass is 644 g/mol. The molecule has 0 aliphatic carbocycles. The van der Waals surface area contributed by atoms with Crippen LogP contribution in [0.4, 0.5) is 61.5 Å². The van der Waals surface area contributed by atoms with Gasteiger partial charge in [-0.15, -0.1) is 0 Å². The van der Waals surface area contributed by atoms with Crippen LogP contribution in [0.25, 0.3) is 0 Å². The van der Waals surface area contributed by atoms with Gasteiger partial charge in [0.2, 0.25) is 10.0 Å². The summed E-state index contributed by atoms with van der Waals surface area (Å²) in [6.45, 7) is 3.73. The third kappa shape index (κ3) is 11.6. The molecule has 0 atom stereocenters. The molecule has 0 saturated carbocycles. The second-order valence-corrected chi connectivity index (χ2v) is 10.3. The highest BCUT2D eigenvalue weighted by Crippen LogP contribution is 2.54. The number of carbonyl (C=O) groups excluding carboxylic acids is 1. The van der Waals surface area contributed by atoms with Crippen molar-refractivity contribution in [3.63, 3.8) is 0 Å². The number of hydrogen-bond acceptors (Lipinski definition) is 5. The minimum Gasteiger partial charge on any atom is -0.549 e. The Kier molecular flexibility index (Phi) is 14.5. The van der Waals surface area contributed by atoms with Gasteiger partial charge in [-0.2, -0.15) is 52.7 Å². The van der Waals surface area contributed by atoms with Crippen molar-refractivity contribution in [2.24, 2.45) is 5.92 Å². The third-order valence-electron chi connectivity index (χ3n) is 5.17. The lowest BCUT2D eigenvalue weighted by Crippen LogP contribution is -2.57. The van der Waals surface area contributed by atoms with E-state index < -0.39 is 96.1 Å². The van der Waals surface area contributed by atoms with E-state index in [9.17, 15) is 79.8 Å². The second kappa shape index (κ2) is 14.4. The molecule has 0 rings (SSSR count). The quantitative estimate of drug-likeness (QED) is 0.174. The first-order valence-electron chi connectivity index (χ1n) is 10.8. The number of likely N-dealkylation sites (N-methyl/N-ethyl adjacent to an activating group) is 1. The van der Waals surface area contributed by atoms with Crippen molar-refractivity contribution in [2.45, 2.75) is 68.6 Å².